The van der Waals surface area contributed by atoms with Gasteiger partial charge in [0.05, 0.1) is 23.7 Å². The standard InChI is InChI=1S/C28H32N2O5S/c1-20-9-15-23(16-10-20)36(32,33)30-19-26(35-25-8-6-5-7-24(25)30)27(31)29-17-18-34-22-13-11-21(12-14-22)28(2,3)4/h5-16,26H,17-19H2,1-4H3,(H,29,31)/t26-/m0/s1. The Hall–Kier alpha value is -3.52. The van der Waals surface area contributed by atoms with Gasteiger partial charge in [0, 0.05) is 0 Å². The van der Waals surface area contributed by atoms with Gasteiger partial charge in [-0.25, -0.2) is 8.42 Å². The molecule has 3 aromatic rings. The quantitative estimate of drug-likeness (QED) is 0.477. The van der Waals surface area contributed by atoms with E-state index in [1.165, 1.54) is 9.87 Å². The second-order valence-corrected chi connectivity index (χ2v) is 11.7. The number of nitrogens with zero attached hydrogens (tertiary/aromatic N) is 1. The number of amides is 1. The van der Waals surface area contributed by atoms with Crippen molar-refractivity contribution in [1.82, 2.24) is 5.32 Å². The molecule has 0 unspecified atom stereocenters. The summed E-state index contributed by atoms with van der Waals surface area (Å²) in [5.41, 5.74) is 2.64. The van der Waals surface area contributed by atoms with E-state index in [0.717, 1.165) is 11.3 Å². The number of benzene rings is 3. The third kappa shape index (κ3) is 5.65. The van der Waals surface area contributed by atoms with Crippen LogP contribution < -0.4 is 19.1 Å². The highest BCUT2D eigenvalue weighted by atomic mass is 32.2. The largest absolute Gasteiger partial charge is 0.492 e. The van der Waals surface area contributed by atoms with Crippen LogP contribution in [0.5, 0.6) is 11.5 Å². The summed E-state index contributed by atoms with van der Waals surface area (Å²) in [6.07, 6.45) is -0.994. The molecule has 1 heterocycles. The van der Waals surface area contributed by atoms with Crippen molar-refractivity contribution in [2.24, 2.45) is 0 Å². The number of fused-ring (bicyclic) bond motifs is 1. The molecule has 0 spiro atoms. The zero-order valence-corrected chi connectivity index (χ0v) is 21.8. The normalized spacial score (nSPS) is 15.6. The molecule has 190 valence electrons. The van der Waals surface area contributed by atoms with Gasteiger partial charge in [0.2, 0.25) is 0 Å². The smallest absolute Gasteiger partial charge is 0.264 e. The molecule has 36 heavy (non-hydrogen) atoms. The molecule has 4 rings (SSSR count). The van der Waals surface area contributed by atoms with E-state index in [0.29, 0.717) is 11.4 Å². The first kappa shape index (κ1) is 25.6. The molecule has 0 saturated carbocycles. The molecule has 0 aliphatic carbocycles. The predicted molar refractivity (Wildman–Crippen MR) is 140 cm³/mol. The fourth-order valence-corrected chi connectivity index (χ4v) is 5.39. The molecule has 1 amide bonds. The van der Waals surface area contributed by atoms with Crippen molar-refractivity contribution in [3.05, 3.63) is 83.9 Å². The Balaban J connectivity index is 1.41. The predicted octanol–water partition coefficient (Wildman–Crippen LogP) is 4.44. The second-order valence-electron chi connectivity index (χ2n) is 9.84. The summed E-state index contributed by atoms with van der Waals surface area (Å²) in [6.45, 7) is 8.74. The van der Waals surface area contributed by atoms with Crippen LogP contribution in [0.2, 0.25) is 0 Å². The summed E-state index contributed by atoms with van der Waals surface area (Å²) in [4.78, 5) is 13.1. The maximum atomic E-state index is 13.5. The summed E-state index contributed by atoms with van der Waals surface area (Å²) < 4.78 is 39.8. The van der Waals surface area contributed by atoms with Gasteiger partial charge in [0.25, 0.3) is 15.9 Å². The van der Waals surface area contributed by atoms with E-state index in [2.05, 4.69) is 26.1 Å². The van der Waals surface area contributed by atoms with Gasteiger partial charge in [-0.15, -0.1) is 0 Å². The molecule has 1 aliphatic rings. The Morgan fingerprint density at radius 3 is 2.36 bits per heavy atom. The molecule has 8 heteroatoms. The minimum Gasteiger partial charge on any atom is -0.492 e. The zero-order valence-electron chi connectivity index (χ0n) is 21.0. The van der Waals surface area contributed by atoms with Crippen molar-refractivity contribution in [3.8, 4) is 11.5 Å². The SMILES string of the molecule is Cc1ccc(S(=O)(=O)N2C[C@@H](C(=O)NCCOc3ccc(C(C)(C)C)cc3)Oc3ccccc32)cc1. The highest BCUT2D eigenvalue weighted by molar-refractivity contribution is 7.92. The summed E-state index contributed by atoms with van der Waals surface area (Å²) >= 11 is 0. The molecule has 0 aromatic heterocycles. The van der Waals surface area contributed by atoms with Gasteiger partial charge in [0.1, 0.15) is 18.1 Å². The molecule has 1 N–H and O–H groups in total. The van der Waals surface area contributed by atoms with Crippen LogP contribution in [0.3, 0.4) is 0 Å². The maximum absolute atomic E-state index is 13.5. The molecule has 7 nitrogen and oxygen atoms in total. The van der Waals surface area contributed by atoms with Crippen LogP contribution in [0.4, 0.5) is 5.69 Å². The lowest BCUT2D eigenvalue weighted by molar-refractivity contribution is -0.127. The molecule has 0 fully saturated rings. The molecular formula is C28H32N2O5S. The van der Waals surface area contributed by atoms with E-state index in [-0.39, 0.29) is 30.0 Å². The van der Waals surface area contributed by atoms with Gasteiger partial charge in [0.15, 0.2) is 6.10 Å². The first-order chi connectivity index (χ1) is 17.1. The lowest BCUT2D eigenvalue weighted by Crippen LogP contribution is -2.51. The van der Waals surface area contributed by atoms with Crippen LogP contribution in [0.1, 0.15) is 31.9 Å². The van der Waals surface area contributed by atoms with Gasteiger partial charge < -0.3 is 14.8 Å². The van der Waals surface area contributed by atoms with Crippen molar-refractivity contribution in [1.29, 1.82) is 0 Å². The van der Waals surface area contributed by atoms with Crippen LogP contribution in [-0.4, -0.2) is 40.1 Å². The van der Waals surface area contributed by atoms with Crippen molar-refractivity contribution in [2.75, 3.05) is 24.0 Å². The minimum atomic E-state index is -3.89. The van der Waals surface area contributed by atoms with Gasteiger partial charge >= 0.3 is 0 Å². The van der Waals surface area contributed by atoms with Crippen LogP contribution in [0.15, 0.2) is 77.7 Å². The van der Waals surface area contributed by atoms with Crippen LogP contribution in [-0.2, 0) is 20.2 Å². The van der Waals surface area contributed by atoms with E-state index in [9.17, 15) is 13.2 Å². The lowest BCUT2D eigenvalue weighted by Gasteiger charge is -2.34. The van der Waals surface area contributed by atoms with Gasteiger partial charge in [-0.2, -0.15) is 0 Å². The Morgan fingerprint density at radius 2 is 1.69 bits per heavy atom. The number of nitrogens with one attached hydrogen (secondary N) is 1. The van der Waals surface area contributed by atoms with E-state index in [1.54, 1.807) is 48.5 Å². The molecular weight excluding hydrogens is 476 g/mol. The average Bonchev–Trinajstić information content (AvgIpc) is 2.85. The maximum Gasteiger partial charge on any atom is 0.264 e. The number of hydrogen-bond acceptors (Lipinski definition) is 5. The highest BCUT2D eigenvalue weighted by Gasteiger charge is 2.37. The summed E-state index contributed by atoms with van der Waals surface area (Å²) in [7, 11) is -3.89. The fourth-order valence-electron chi connectivity index (χ4n) is 3.91. The Bertz CT molecular complexity index is 1310. The summed E-state index contributed by atoms with van der Waals surface area (Å²) in [5.74, 6) is 0.658. The van der Waals surface area contributed by atoms with E-state index < -0.39 is 22.0 Å². The van der Waals surface area contributed by atoms with Crippen LogP contribution in [0, 0.1) is 6.92 Å². The van der Waals surface area contributed by atoms with Gasteiger partial charge in [-0.3, -0.25) is 9.10 Å². The first-order valence-corrected chi connectivity index (χ1v) is 13.4. The van der Waals surface area contributed by atoms with E-state index in [1.807, 2.05) is 31.2 Å². The number of ether oxygens (including phenoxy) is 2. The molecule has 3 aromatic carbocycles. The van der Waals surface area contributed by atoms with Crippen LogP contribution in [0.25, 0.3) is 0 Å². The lowest BCUT2D eigenvalue weighted by atomic mass is 9.87. The van der Waals surface area contributed by atoms with Crippen molar-refractivity contribution in [3.63, 3.8) is 0 Å². The third-order valence-electron chi connectivity index (χ3n) is 6.03. The Morgan fingerprint density at radius 1 is 1.03 bits per heavy atom. The number of aryl methyl sites for hydroxylation is 1. The highest BCUT2D eigenvalue weighted by Crippen LogP contribution is 2.36. The first-order valence-electron chi connectivity index (χ1n) is 11.9. The van der Waals surface area contributed by atoms with Gasteiger partial charge in [-0.1, -0.05) is 62.7 Å². The molecule has 1 aliphatic heterocycles. The molecule has 1 atom stereocenters. The van der Waals surface area contributed by atoms with E-state index in [4.69, 9.17) is 9.47 Å². The zero-order chi connectivity index (χ0) is 25.9. The number of rotatable bonds is 7. The van der Waals surface area contributed by atoms with Crippen LogP contribution >= 0.6 is 0 Å². The molecule has 0 bridgehead atoms. The number of carbonyl (C=O) groups excluding carboxylic acids is 1. The minimum absolute atomic E-state index is 0.0614. The topological polar surface area (TPSA) is 84.9 Å². The number of para-hydroxylation sites is 2. The summed E-state index contributed by atoms with van der Waals surface area (Å²) in [5, 5.41) is 2.80. The van der Waals surface area contributed by atoms with Gasteiger partial charge in [-0.05, 0) is 54.3 Å². The fraction of sp³-hybridized carbons (Fsp3) is 0.321. The molecule has 0 saturated heterocycles. The van der Waals surface area contributed by atoms with Crippen molar-refractivity contribution < 1.29 is 22.7 Å². The number of hydrogen-bond donors (Lipinski definition) is 1. The number of anilines is 1. The second kappa shape index (κ2) is 10.2. The Kier molecular flexibility index (Phi) is 7.26. The van der Waals surface area contributed by atoms with Crippen molar-refractivity contribution >= 4 is 21.6 Å². The summed E-state index contributed by atoms with van der Waals surface area (Å²) in [6, 6.07) is 21.4. The third-order valence-corrected chi connectivity index (χ3v) is 7.82. The monoisotopic (exact) mass is 508 g/mol. The Labute approximate surface area is 213 Å². The molecule has 0 radical (unpaired) electrons. The van der Waals surface area contributed by atoms with Crippen molar-refractivity contribution in [2.45, 2.75) is 44.1 Å². The van der Waals surface area contributed by atoms with E-state index >= 15 is 0 Å². The number of sulfonamides is 1. The number of carbonyl (C=O) groups is 1. The average molecular weight is 509 g/mol.